The summed E-state index contributed by atoms with van der Waals surface area (Å²) in [6, 6.07) is 11.9. The van der Waals surface area contributed by atoms with E-state index in [2.05, 4.69) is 26.2 Å². The Morgan fingerprint density at radius 3 is 2.64 bits per heavy atom. The molecule has 3 amide bonds. The average Bonchev–Trinajstić information content (AvgIpc) is 3.49. The van der Waals surface area contributed by atoms with Crippen molar-refractivity contribution in [2.75, 3.05) is 11.9 Å². The van der Waals surface area contributed by atoms with Gasteiger partial charge in [-0.2, -0.15) is 4.68 Å². The van der Waals surface area contributed by atoms with Gasteiger partial charge in [-0.05, 0) is 66.4 Å². The summed E-state index contributed by atoms with van der Waals surface area (Å²) >= 11 is 0. The lowest BCUT2D eigenvalue weighted by atomic mass is 10.0. The maximum atomic E-state index is 13.0. The molecule has 2 heterocycles. The zero-order valence-corrected chi connectivity index (χ0v) is 18.3. The molecule has 2 N–H and O–H groups in total. The second kappa shape index (κ2) is 8.12. The minimum absolute atomic E-state index is 0.0789. The summed E-state index contributed by atoms with van der Waals surface area (Å²) in [7, 11) is 0. The largest absolute Gasteiger partial charge is 0.345 e. The molecule has 168 valence electrons. The standard InChI is InChI=1S/C23H23N7O3/c1-13-7-8-15(11-19(13)30-14(2)26-27-28-30)25-20(31)12-24-22(32)21-17-5-3-4-6-18(17)23(33)29(21)16-9-10-16/h3-8,11,16,21H,9-10,12H2,1-2H3,(H,24,32)(H,25,31). The maximum absolute atomic E-state index is 13.0. The molecule has 1 fully saturated rings. The Labute approximate surface area is 190 Å². The molecule has 1 saturated carbocycles. The number of benzene rings is 2. The Morgan fingerprint density at radius 2 is 1.91 bits per heavy atom. The van der Waals surface area contributed by atoms with Gasteiger partial charge < -0.3 is 15.5 Å². The fourth-order valence-electron chi connectivity index (χ4n) is 4.17. The van der Waals surface area contributed by atoms with Crippen molar-refractivity contribution >= 4 is 23.4 Å². The van der Waals surface area contributed by atoms with Crippen LogP contribution in [0.25, 0.3) is 5.69 Å². The van der Waals surface area contributed by atoms with E-state index in [-0.39, 0.29) is 30.3 Å². The van der Waals surface area contributed by atoms with Gasteiger partial charge in [0.05, 0.1) is 12.2 Å². The second-order valence-electron chi connectivity index (χ2n) is 8.34. The highest BCUT2D eigenvalue weighted by atomic mass is 16.2. The summed E-state index contributed by atoms with van der Waals surface area (Å²) in [5.41, 5.74) is 3.50. The smallest absolute Gasteiger partial charge is 0.255 e. The molecule has 5 rings (SSSR count). The zero-order valence-electron chi connectivity index (χ0n) is 18.3. The highest BCUT2D eigenvalue weighted by Crippen LogP contribution is 2.41. The van der Waals surface area contributed by atoms with Gasteiger partial charge in [-0.15, -0.1) is 5.10 Å². The SMILES string of the molecule is Cc1ccc(NC(=O)CNC(=O)C2c3ccccc3C(=O)N2C2CC2)cc1-n1nnnc1C. The summed E-state index contributed by atoms with van der Waals surface area (Å²) in [5, 5.41) is 17.0. The van der Waals surface area contributed by atoms with E-state index in [0.717, 1.165) is 24.1 Å². The van der Waals surface area contributed by atoms with E-state index in [4.69, 9.17) is 0 Å². The molecule has 10 heteroatoms. The Bertz CT molecular complexity index is 1260. The topological polar surface area (TPSA) is 122 Å². The number of rotatable bonds is 6. The van der Waals surface area contributed by atoms with Crippen LogP contribution in [0, 0.1) is 13.8 Å². The minimum atomic E-state index is -0.706. The van der Waals surface area contributed by atoms with Gasteiger partial charge in [0.1, 0.15) is 6.04 Å². The van der Waals surface area contributed by atoms with Crippen molar-refractivity contribution in [3.8, 4) is 5.69 Å². The fourth-order valence-corrected chi connectivity index (χ4v) is 4.17. The van der Waals surface area contributed by atoms with E-state index in [9.17, 15) is 14.4 Å². The molecule has 0 saturated heterocycles. The van der Waals surface area contributed by atoms with Crippen molar-refractivity contribution in [3.05, 3.63) is 65.0 Å². The number of tetrazole rings is 1. The molecule has 0 spiro atoms. The van der Waals surface area contributed by atoms with Crippen molar-refractivity contribution in [2.24, 2.45) is 0 Å². The number of carbonyl (C=O) groups excluding carboxylic acids is 3. The Morgan fingerprint density at radius 1 is 1.12 bits per heavy atom. The molecule has 0 bridgehead atoms. The molecule has 1 unspecified atom stereocenters. The van der Waals surface area contributed by atoms with Crippen LogP contribution in [0.3, 0.4) is 0 Å². The maximum Gasteiger partial charge on any atom is 0.255 e. The van der Waals surface area contributed by atoms with Gasteiger partial charge in [0.25, 0.3) is 5.91 Å². The number of hydrogen-bond acceptors (Lipinski definition) is 6. The average molecular weight is 445 g/mol. The Hall–Kier alpha value is -4.08. The van der Waals surface area contributed by atoms with Crippen molar-refractivity contribution in [1.29, 1.82) is 0 Å². The third-order valence-corrected chi connectivity index (χ3v) is 5.96. The first-order valence-electron chi connectivity index (χ1n) is 10.8. The summed E-state index contributed by atoms with van der Waals surface area (Å²) in [6.07, 6.45) is 1.78. The highest BCUT2D eigenvalue weighted by molar-refractivity contribution is 6.05. The lowest BCUT2D eigenvalue weighted by Crippen LogP contribution is -2.42. The van der Waals surface area contributed by atoms with Crippen LogP contribution in [-0.2, 0) is 9.59 Å². The van der Waals surface area contributed by atoms with Gasteiger partial charge in [0, 0.05) is 17.3 Å². The van der Waals surface area contributed by atoms with Crippen molar-refractivity contribution < 1.29 is 14.4 Å². The summed E-state index contributed by atoms with van der Waals surface area (Å²) in [6.45, 7) is 3.50. The van der Waals surface area contributed by atoms with Crippen molar-refractivity contribution in [3.63, 3.8) is 0 Å². The van der Waals surface area contributed by atoms with E-state index in [1.54, 1.807) is 46.8 Å². The number of hydrogen-bond donors (Lipinski definition) is 2. The molecule has 2 aliphatic rings. The van der Waals surface area contributed by atoms with Crippen molar-refractivity contribution in [2.45, 2.75) is 38.8 Å². The molecule has 33 heavy (non-hydrogen) atoms. The van der Waals surface area contributed by atoms with Gasteiger partial charge in [-0.1, -0.05) is 24.3 Å². The minimum Gasteiger partial charge on any atom is -0.345 e. The van der Waals surface area contributed by atoms with E-state index in [1.165, 1.54) is 0 Å². The van der Waals surface area contributed by atoms with E-state index >= 15 is 0 Å². The molecule has 3 aromatic rings. The van der Waals surface area contributed by atoms with Gasteiger partial charge in [0.15, 0.2) is 5.82 Å². The molecule has 1 atom stereocenters. The highest BCUT2D eigenvalue weighted by Gasteiger charge is 2.47. The van der Waals surface area contributed by atoms with Crippen LogP contribution in [0.1, 0.15) is 46.2 Å². The lowest BCUT2D eigenvalue weighted by molar-refractivity contribution is -0.127. The van der Waals surface area contributed by atoms with E-state index in [0.29, 0.717) is 22.6 Å². The normalized spacial score (nSPS) is 17.1. The quantitative estimate of drug-likeness (QED) is 0.595. The molecular formula is C23H23N7O3. The summed E-state index contributed by atoms with van der Waals surface area (Å²) < 4.78 is 1.59. The first-order valence-corrected chi connectivity index (χ1v) is 10.8. The number of carbonyl (C=O) groups is 3. The number of anilines is 1. The number of aryl methyl sites for hydroxylation is 2. The van der Waals surface area contributed by atoms with Crippen LogP contribution in [-0.4, -0.2) is 55.4 Å². The van der Waals surface area contributed by atoms with Crippen LogP contribution in [0.4, 0.5) is 5.69 Å². The zero-order chi connectivity index (χ0) is 23.1. The second-order valence-corrected chi connectivity index (χ2v) is 8.34. The third-order valence-electron chi connectivity index (χ3n) is 5.96. The molecule has 2 aromatic carbocycles. The van der Waals surface area contributed by atoms with Crippen LogP contribution in [0.2, 0.25) is 0 Å². The van der Waals surface area contributed by atoms with Gasteiger partial charge in [0.2, 0.25) is 11.8 Å². The van der Waals surface area contributed by atoms with Gasteiger partial charge in [-0.25, -0.2) is 0 Å². The van der Waals surface area contributed by atoms with Crippen LogP contribution in [0.15, 0.2) is 42.5 Å². The number of nitrogens with zero attached hydrogens (tertiary/aromatic N) is 5. The lowest BCUT2D eigenvalue weighted by Gasteiger charge is -2.24. The fraction of sp³-hybridized carbons (Fsp3) is 0.304. The number of aromatic nitrogens is 4. The monoisotopic (exact) mass is 445 g/mol. The number of amides is 3. The molecule has 1 aliphatic heterocycles. The molecule has 1 aromatic heterocycles. The number of fused-ring (bicyclic) bond motifs is 1. The van der Waals surface area contributed by atoms with Gasteiger partial charge >= 0.3 is 0 Å². The Balaban J connectivity index is 1.27. The molecular weight excluding hydrogens is 422 g/mol. The molecule has 10 nitrogen and oxygen atoms in total. The van der Waals surface area contributed by atoms with Crippen LogP contribution in [0.5, 0.6) is 0 Å². The van der Waals surface area contributed by atoms with Gasteiger partial charge in [-0.3, -0.25) is 14.4 Å². The molecule has 0 radical (unpaired) electrons. The van der Waals surface area contributed by atoms with Crippen LogP contribution < -0.4 is 10.6 Å². The predicted octanol–water partition coefficient (Wildman–Crippen LogP) is 1.69. The van der Waals surface area contributed by atoms with E-state index < -0.39 is 6.04 Å². The molecule has 1 aliphatic carbocycles. The first-order chi connectivity index (χ1) is 15.9. The summed E-state index contributed by atoms with van der Waals surface area (Å²) in [4.78, 5) is 40.1. The summed E-state index contributed by atoms with van der Waals surface area (Å²) in [5.74, 6) is -0.227. The van der Waals surface area contributed by atoms with E-state index in [1.807, 2.05) is 19.1 Å². The van der Waals surface area contributed by atoms with Crippen molar-refractivity contribution in [1.82, 2.24) is 30.4 Å². The first kappa shape index (κ1) is 20.8. The predicted molar refractivity (Wildman–Crippen MR) is 119 cm³/mol. The Kier molecular flexibility index (Phi) is 5.12. The third kappa shape index (κ3) is 3.84. The van der Waals surface area contributed by atoms with Crippen LogP contribution >= 0.6 is 0 Å². The number of nitrogens with one attached hydrogen (secondary N) is 2.